The van der Waals surface area contributed by atoms with E-state index in [1.54, 1.807) is 19.1 Å². The van der Waals surface area contributed by atoms with Crippen molar-refractivity contribution in [1.82, 2.24) is 9.21 Å². The van der Waals surface area contributed by atoms with Crippen molar-refractivity contribution in [2.45, 2.75) is 25.6 Å². The second-order valence-corrected chi connectivity index (χ2v) is 11.1. The van der Waals surface area contributed by atoms with Crippen molar-refractivity contribution in [1.29, 1.82) is 0 Å². The molecule has 0 saturated carbocycles. The minimum atomic E-state index is -3.92. The van der Waals surface area contributed by atoms with Crippen LogP contribution in [0.4, 0.5) is 8.78 Å². The van der Waals surface area contributed by atoms with E-state index in [2.05, 4.69) is 0 Å². The summed E-state index contributed by atoms with van der Waals surface area (Å²) in [6.07, 6.45) is 0. The molecule has 1 heterocycles. The smallest absolute Gasteiger partial charge is 0.239 e. The van der Waals surface area contributed by atoms with E-state index in [9.17, 15) is 17.2 Å². The van der Waals surface area contributed by atoms with Crippen molar-refractivity contribution in [3.05, 3.63) is 95.1 Å². The Kier molecular flexibility index (Phi) is 7.40. The van der Waals surface area contributed by atoms with Crippen LogP contribution in [0, 0.1) is 11.6 Å². The van der Waals surface area contributed by atoms with Gasteiger partial charge in [-0.3, -0.25) is 0 Å². The highest BCUT2D eigenvalue weighted by atomic mass is 32.2. The Bertz CT molecular complexity index is 1350. The number of methoxy groups -OCH3 is 2. The predicted octanol–water partition coefficient (Wildman–Crippen LogP) is 4.53. The van der Waals surface area contributed by atoms with Crippen molar-refractivity contribution >= 4 is 16.0 Å². The van der Waals surface area contributed by atoms with Crippen molar-refractivity contribution < 1.29 is 26.7 Å². The van der Waals surface area contributed by atoms with Gasteiger partial charge in [0, 0.05) is 25.7 Å². The molecule has 4 rings (SSSR count). The van der Waals surface area contributed by atoms with E-state index in [4.69, 9.17) is 14.5 Å². The Morgan fingerprint density at radius 3 is 1.92 bits per heavy atom. The molecule has 1 aliphatic heterocycles. The molecule has 7 nitrogen and oxygen atoms in total. The Morgan fingerprint density at radius 1 is 0.919 bits per heavy atom. The summed E-state index contributed by atoms with van der Waals surface area (Å²) in [7, 11) is 0.661. The van der Waals surface area contributed by atoms with Crippen LogP contribution in [0.25, 0.3) is 0 Å². The molecule has 10 heteroatoms. The van der Waals surface area contributed by atoms with Crippen LogP contribution in [0.2, 0.25) is 0 Å². The van der Waals surface area contributed by atoms with E-state index < -0.39 is 32.9 Å². The fourth-order valence-electron chi connectivity index (χ4n) is 4.32. The summed E-state index contributed by atoms with van der Waals surface area (Å²) in [4.78, 5) is 6.56. The van der Waals surface area contributed by atoms with Gasteiger partial charge in [0.1, 0.15) is 28.7 Å². The highest BCUT2D eigenvalue weighted by Crippen LogP contribution is 2.35. The molecule has 37 heavy (non-hydrogen) atoms. The number of rotatable bonds is 7. The number of benzene rings is 3. The predicted molar refractivity (Wildman–Crippen MR) is 138 cm³/mol. The second kappa shape index (κ2) is 10.4. The van der Waals surface area contributed by atoms with Gasteiger partial charge < -0.3 is 14.4 Å². The summed E-state index contributed by atoms with van der Waals surface area (Å²) in [6.45, 7) is 2.11. The maximum atomic E-state index is 14.8. The van der Waals surface area contributed by atoms with Crippen molar-refractivity contribution in [2.75, 3.05) is 27.0 Å². The van der Waals surface area contributed by atoms with Crippen LogP contribution in [-0.2, 0) is 28.7 Å². The van der Waals surface area contributed by atoms with Gasteiger partial charge in [0.25, 0.3) is 0 Å². The molecule has 0 unspecified atom stereocenters. The molecule has 0 spiro atoms. The van der Waals surface area contributed by atoms with Gasteiger partial charge in [-0.1, -0.05) is 24.3 Å². The molecule has 1 aliphatic rings. The molecule has 0 aromatic heterocycles. The Hall–Kier alpha value is -3.66. The van der Waals surface area contributed by atoms with Gasteiger partial charge in [-0.25, -0.2) is 26.5 Å². The third kappa shape index (κ3) is 5.69. The first kappa shape index (κ1) is 26.4. The molecule has 0 N–H and O–H groups in total. The minimum absolute atomic E-state index is 0.115. The lowest BCUT2D eigenvalue weighted by atomic mass is 9.94. The van der Waals surface area contributed by atoms with Gasteiger partial charge in [0.05, 0.1) is 20.0 Å². The van der Waals surface area contributed by atoms with Crippen molar-refractivity contribution in [3.63, 3.8) is 0 Å². The number of hydrogen-bond donors (Lipinski definition) is 0. The number of sulfonamides is 1. The molecular weight excluding hydrogens is 500 g/mol. The Labute approximate surface area is 216 Å². The molecule has 196 valence electrons. The fourth-order valence-corrected chi connectivity index (χ4v) is 5.85. The number of halogens is 2. The molecule has 0 bridgehead atoms. The van der Waals surface area contributed by atoms with Crippen LogP contribution < -0.4 is 9.47 Å². The van der Waals surface area contributed by atoms with Crippen LogP contribution in [0.15, 0.2) is 71.7 Å². The van der Waals surface area contributed by atoms with E-state index in [1.165, 1.54) is 14.0 Å². The zero-order chi connectivity index (χ0) is 26.8. The van der Waals surface area contributed by atoms with Crippen molar-refractivity contribution in [3.8, 4) is 11.5 Å². The van der Waals surface area contributed by atoms with E-state index >= 15 is 0 Å². The molecule has 1 atom stereocenters. The van der Waals surface area contributed by atoms with Gasteiger partial charge in [0.15, 0.2) is 0 Å². The monoisotopic (exact) mass is 529 g/mol. The van der Waals surface area contributed by atoms with Gasteiger partial charge in [-0.05, 0) is 60.5 Å². The molecule has 3 aromatic rings. The van der Waals surface area contributed by atoms with Gasteiger partial charge in [-0.15, -0.1) is 0 Å². The summed E-state index contributed by atoms with van der Waals surface area (Å²) in [5.74, 6) is -0.380. The van der Waals surface area contributed by atoms with Crippen LogP contribution in [0.1, 0.15) is 23.6 Å². The van der Waals surface area contributed by atoms with E-state index in [0.29, 0.717) is 24.6 Å². The lowest BCUT2D eigenvalue weighted by Gasteiger charge is -2.40. The first-order chi connectivity index (χ1) is 17.5. The van der Waals surface area contributed by atoms with Crippen LogP contribution in [0.3, 0.4) is 0 Å². The number of ether oxygens (including phenoxy) is 2. The highest BCUT2D eigenvalue weighted by molar-refractivity contribution is 7.89. The third-order valence-electron chi connectivity index (χ3n) is 6.37. The quantitative estimate of drug-likeness (QED) is 0.450. The third-order valence-corrected chi connectivity index (χ3v) is 8.29. The summed E-state index contributed by atoms with van der Waals surface area (Å²) < 4.78 is 67.2. The van der Waals surface area contributed by atoms with Gasteiger partial charge in [0.2, 0.25) is 16.0 Å². The molecule has 0 fully saturated rings. The van der Waals surface area contributed by atoms with E-state index in [0.717, 1.165) is 33.6 Å². The fraction of sp³-hybridized carbons (Fsp3) is 0.296. The number of guanidine groups is 1. The standard InChI is InChI=1S/C27H29F2N3O4S/c1-27(24-15-21(28)9-14-25(24)29)18-37(33,34)31(2)26(30-27)32(16-19-5-10-22(35-3)11-6-19)17-20-7-12-23(36-4)13-8-20/h5-15H,16-18H2,1-4H3/t27-/m0/s1. The lowest BCUT2D eigenvalue weighted by molar-refractivity contribution is 0.345. The molecular formula is C27H29F2N3O4S. The molecule has 0 radical (unpaired) electrons. The molecule has 0 amide bonds. The largest absolute Gasteiger partial charge is 0.497 e. The van der Waals surface area contributed by atoms with Gasteiger partial charge in [-0.2, -0.15) is 0 Å². The summed E-state index contributed by atoms with van der Waals surface area (Å²) >= 11 is 0. The van der Waals surface area contributed by atoms with E-state index in [1.807, 2.05) is 48.5 Å². The highest BCUT2D eigenvalue weighted by Gasteiger charge is 2.44. The summed E-state index contributed by atoms with van der Waals surface area (Å²) in [6, 6.07) is 17.8. The van der Waals surface area contributed by atoms with Crippen LogP contribution in [0.5, 0.6) is 11.5 Å². The Balaban J connectivity index is 1.81. The number of aliphatic imine (C=N–C) groups is 1. The topological polar surface area (TPSA) is 71.4 Å². The van der Waals surface area contributed by atoms with Crippen LogP contribution >= 0.6 is 0 Å². The minimum Gasteiger partial charge on any atom is -0.497 e. The first-order valence-electron chi connectivity index (χ1n) is 11.6. The van der Waals surface area contributed by atoms with Crippen molar-refractivity contribution in [2.24, 2.45) is 4.99 Å². The Morgan fingerprint density at radius 2 is 1.43 bits per heavy atom. The zero-order valence-corrected chi connectivity index (χ0v) is 21.9. The van der Waals surface area contributed by atoms with Crippen LogP contribution in [-0.4, -0.2) is 50.6 Å². The zero-order valence-electron chi connectivity index (χ0n) is 21.1. The summed E-state index contributed by atoms with van der Waals surface area (Å²) in [5.41, 5.74) is 0.111. The average Bonchev–Trinajstić information content (AvgIpc) is 2.88. The number of nitrogens with zero attached hydrogens (tertiary/aromatic N) is 3. The SMILES string of the molecule is COc1ccc(CN(Cc2ccc(OC)cc2)C2=N[C@](C)(c3cc(F)ccc3F)CS(=O)(=O)N2C)cc1. The maximum Gasteiger partial charge on any atom is 0.239 e. The lowest BCUT2D eigenvalue weighted by Crippen LogP contribution is -2.53. The first-order valence-corrected chi connectivity index (χ1v) is 13.2. The molecule has 0 saturated heterocycles. The average molecular weight is 530 g/mol. The number of hydrogen-bond acceptors (Lipinski definition) is 6. The second-order valence-electron chi connectivity index (χ2n) is 9.09. The van der Waals surface area contributed by atoms with Gasteiger partial charge >= 0.3 is 0 Å². The normalized spacial score (nSPS) is 18.8. The molecule has 3 aromatic carbocycles. The summed E-state index contributed by atoms with van der Waals surface area (Å²) in [5, 5.41) is 0. The van der Waals surface area contributed by atoms with E-state index in [-0.39, 0.29) is 11.5 Å². The maximum absolute atomic E-state index is 14.8. The molecule has 0 aliphatic carbocycles.